The summed E-state index contributed by atoms with van der Waals surface area (Å²) >= 11 is 0. The molecule has 3 aliphatic rings. The number of aromatic amines is 1. The summed E-state index contributed by atoms with van der Waals surface area (Å²) in [5.41, 5.74) is 2.73. The van der Waals surface area contributed by atoms with Crippen molar-refractivity contribution in [1.29, 1.82) is 0 Å². The Hall–Kier alpha value is -1.82. The van der Waals surface area contributed by atoms with Gasteiger partial charge in [-0.2, -0.15) is 0 Å². The van der Waals surface area contributed by atoms with Crippen LogP contribution in [0, 0.1) is 5.92 Å². The number of ether oxygens (including phenoxy) is 1. The molecule has 1 saturated heterocycles. The maximum atomic E-state index is 12.3. The van der Waals surface area contributed by atoms with Gasteiger partial charge in [0.15, 0.2) is 0 Å². The summed E-state index contributed by atoms with van der Waals surface area (Å²) in [5, 5.41) is 5.99. The van der Waals surface area contributed by atoms with Gasteiger partial charge in [-0.1, -0.05) is 0 Å². The fourth-order valence-corrected chi connectivity index (χ4v) is 4.09. The number of nitrogens with one attached hydrogen (secondary N) is 3. The fourth-order valence-electron chi connectivity index (χ4n) is 4.09. The molecule has 130 valence electrons. The van der Waals surface area contributed by atoms with E-state index in [1.165, 1.54) is 5.56 Å². The summed E-state index contributed by atoms with van der Waals surface area (Å²) in [4.78, 5) is 27.3. The van der Waals surface area contributed by atoms with Crippen LogP contribution in [-0.2, 0) is 24.1 Å². The van der Waals surface area contributed by atoms with Gasteiger partial charge in [-0.3, -0.25) is 4.79 Å². The molecule has 1 saturated carbocycles. The second-order valence-electron chi connectivity index (χ2n) is 7.36. The summed E-state index contributed by atoms with van der Waals surface area (Å²) in [6.45, 7) is 1.84. The zero-order chi connectivity index (χ0) is 16.6. The highest BCUT2D eigenvalue weighted by atomic mass is 16.5. The lowest BCUT2D eigenvalue weighted by molar-refractivity contribution is 0.0362. The van der Waals surface area contributed by atoms with Crippen LogP contribution in [0.1, 0.15) is 48.9 Å². The molecule has 0 spiro atoms. The van der Waals surface area contributed by atoms with Crippen LogP contribution in [-0.4, -0.2) is 29.8 Å². The summed E-state index contributed by atoms with van der Waals surface area (Å²) in [5.74, 6) is 0.417. The Balaban J connectivity index is 1.35. The lowest BCUT2D eigenvalue weighted by Gasteiger charge is -2.31. The van der Waals surface area contributed by atoms with Crippen molar-refractivity contribution in [3.05, 3.63) is 33.2 Å². The lowest BCUT2D eigenvalue weighted by atomic mass is 9.91. The molecule has 1 aliphatic heterocycles. The van der Waals surface area contributed by atoms with Crippen LogP contribution in [0.25, 0.3) is 0 Å². The Morgan fingerprint density at radius 2 is 2.21 bits per heavy atom. The smallest absolute Gasteiger partial charge is 0.315 e. The monoisotopic (exact) mass is 331 g/mol. The average molecular weight is 331 g/mol. The number of aryl methyl sites for hydroxylation is 2. The first-order valence-corrected chi connectivity index (χ1v) is 9.04. The third kappa shape index (κ3) is 3.07. The van der Waals surface area contributed by atoms with E-state index in [1.807, 2.05) is 6.07 Å². The van der Waals surface area contributed by atoms with E-state index >= 15 is 0 Å². The average Bonchev–Trinajstić information content (AvgIpc) is 3.23. The molecule has 24 heavy (non-hydrogen) atoms. The van der Waals surface area contributed by atoms with Crippen molar-refractivity contribution in [2.24, 2.45) is 5.92 Å². The SMILES string of the molecule is O=C(NCc1cc2c([nH]c1=O)CCC2)NC1(C2CCCOC2)CC1. The quantitative estimate of drug-likeness (QED) is 0.784. The Morgan fingerprint density at radius 3 is 2.96 bits per heavy atom. The van der Waals surface area contributed by atoms with Gasteiger partial charge >= 0.3 is 6.03 Å². The number of rotatable bonds is 4. The summed E-state index contributed by atoms with van der Waals surface area (Å²) in [6, 6.07) is 1.77. The molecular weight excluding hydrogens is 306 g/mol. The molecule has 3 N–H and O–H groups in total. The van der Waals surface area contributed by atoms with Crippen LogP contribution < -0.4 is 16.2 Å². The van der Waals surface area contributed by atoms with E-state index in [0.717, 1.165) is 63.9 Å². The predicted octanol–water partition coefficient (Wildman–Crippen LogP) is 1.62. The van der Waals surface area contributed by atoms with Crippen molar-refractivity contribution in [3.8, 4) is 0 Å². The molecule has 2 amide bonds. The first-order valence-electron chi connectivity index (χ1n) is 9.04. The molecule has 6 heteroatoms. The van der Waals surface area contributed by atoms with Crippen molar-refractivity contribution in [2.75, 3.05) is 13.2 Å². The molecular formula is C18H25N3O3. The lowest BCUT2D eigenvalue weighted by Crippen LogP contribution is -2.49. The van der Waals surface area contributed by atoms with Crippen molar-refractivity contribution < 1.29 is 9.53 Å². The van der Waals surface area contributed by atoms with E-state index in [9.17, 15) is 9.59 Å². The largest absolute Gasteiger partial charge is 0.381 e. The number of carbonyl (C=O) groups excluding carboxylic acids is 1. The molecule has 4 rings (SSSR count). The molecule has 1 aromatic heterocycles. The Morgan fingerprint density at radius 1 is 1.33 bits per heavy atom. The van der Waals surface area contributed by atoms with Crippen molar-refractivity contribution in [2.45, 2.75) is 57.0 Å². The van der Waals surface area contributed by atoms with Crippen LogP contribution in [0.15, 0.2) is 10.9 Å². The molecule has 2 heterocycles. The topological polar surface area (TPSA) is 83.2 Å². The minimum Gasteiger partial charge on any atom is -0.381 e. The van der Waals surface area contributed by atoms with Gasteiger partial charge in [0, 0.05) is 35.9 Å². The number of H-pyrrole nitrogens is 1. The van der Waals surface area contributed by atoms with Gasteiger partial charge in [0.05, 0.1) is 6.61 Å². The minimum absolute atomic E-state index is 0.0854. The fraction of sp³-hybridized carbons (Fsp3) is 0.667. The molecule has 1 aromatic rings. The van der Waals surface area contributed by atoms with E-state index in [4.69, 9.17) is 4.74 Å². The molecule has 0 bridgehead atoms. The number of urea groups is 1. The number of aromatic nitrogens is 1. The second kappa shape index (κ2) is 6.24. The number of carbonyl (C=O) groups is 1. The molecule has 2 fully saturated rings. The normalized spacial score (nSPS) is 24.2. The third-order valence-electron chi connectivity index (χ3n) is 5.70. The Kier molecular flexibility index (Phi) is 4.08. The zero-order valence-corrected chi connectivity index (χ0v) is 14.0. The molecule has 1 unspecified atom stereocenters. The Labute approximate surface area is 141 Å². The van der Waals surface area contributed by atoms with Gasteiger partial charge in [0.25, 0.3) is 5.56 Å². The van der Waals surface area contributed by atoms with E-state index in [1.54, 1.807) is 0 Å². The highest BCUT2D eigenvalue weighted by Gasteiger charge is 2.50. The number of pyridine rings is 1. The highest BCUT2D eigenvalue weighted by Crippen LogP contribution is 2.45. The molecule has 0 aromatic carbocycles. The maximum absolute atomic E-state index is 12.3. The van der Waals surface area contributed by atoms with E-state index < -0.39 is 0 Å². The first kappa shape index (κ1) is 15.7. The predicted molar refractivity (Wildman–Crippen MR) is 90.0 cm³/mol. The van der Waals surface area contributed by atoms with Gasteiger partial charge in [-0.15, -0.1) is 0 Å². The molecule has 6 nitrogen and oxygen atoms in total. The van der Waals surface area contributed by atoms with E-state index in [-0.39, 0.29) is 23.7 Å². The van der Waals surface area contributed by atoms with Crippen molar-refractivity contribution in [3.63, 3.8) is 0 Å². The van der Waals surface area contributed by atoms with Gasteiger partial charge in [0.2, 0.25) is 0 Å². The zero-order valence-electron chi connectivity index (χ0n) is 14.0. The summed E-state index contributed by atoms with van der Waals surface area (Å²) in [6.07, 6.45) is 7.28. The van der Waals surface area contributed by atoms with E-state index in [0.29, 0.717) is 11.5 Å². The van der Waals surface area contributed by atoms with Crippen LogP contribution >= 0.6 is 0 Å². The minimum atomic E-state index is -0.182. The Bertz CT molecular complexity index is 687. The van der Waals surface area contributed by atoms with Gasteiger partial charge in [-0.25, -0.2) is 4.79 Å². The molecule has 0 radical (unpaired) electrons. The maximum Gasteiger partial charge on any atom is 0.315 e. The third-order valence-corrected chi connectivity index (χ3v) is 5.70. The van der Waals surface area contributed by atoms with Crippen LogP contribution in [0.2, 0.25) is 0 Å². The van der Waals surface area contributed by atoms with Gasteiger partial charge < -0.3 is 20.4 Å². The standard InChI is InChI=1S/C18H25N3O3/c22-16-13(9-12-3-1-5-15(12)20-16)10-19-17(23)21-18(6-7-18)14-4-2-8-24-11-14/h9,14H,1-8,10-11H2,(H,20,22)(H2,19,21,23). The molecule has 2 aliphatic carbocycles. The van der Waals surface area contributed by atoms with Crippen molar-refractivity contribution in [1.82, 2.24) is 15.6 Å². The van der Waals surface area contributed by atoms with Crippen LogP contribution in [0.5, 0.6) is 0 Å². The van der Waals surface area contributed by atoms with Crippen molar-refractivity contribution >= 4 is 6.03 Å². The van der Waals surface area contributed by atoms with Crippen LogP contribution in [0.3, 0.4) is 0 Å². The number of hydrogen-bond donors (Lipinski definition) is 3. The molecule has 1 atom stereocenters. The number of fused-ring (bicyclic) bond motifs is 1. The number of hydrogen-bond acceptors (Lipinski definition) is 3. The summed E-state index contributed by atoms with van der Waals surface area (Å²) < 4.78 is 5.56. The first-order chi connectivity index (χ1) is 11.7. The van der Waals surface area contributed by atoms with Gasteiger partial charge in [-0.05, 0) is 56.6 Å². The van der Waals surface area contributed by atoms with Crippen LogP contribution in [0.4, 0.5) is 4.79 Å². The van der Waals surface area contributed by atoms with E-state index in [2.05, 4.69) is 15.6 Å². The van der Waals surface area contributed by atoms with Gasteiger partial charge in [0.1, 0.15) is 0 Å². The summed E-state index contributed by atoms with van der Waals surface area (Å²) in [7, 11) is 0. The number of amides is 2. The second-order valence-corrected chi connectivity index (χ2v) is 7.36. The highest BCUT2D eigenvalue weighted by molar-refractivity contribution is 5.75.